The van der Waals surface area contributed by atoms with E-state index in [-0.39, 0.29) is 0 Å². The van der Waals surface area contributed by atoms with E-state index in [2.05, 4.69) is 5.32 Å². The molecule has 0 aliphatic carbocycles. The number of halogens is 2. The fourth-order valence-electron chi connectivity index (χ4n) is 0.607. The third-order valence-electron chi connectivity index (χ3n) is 2.00. The van der Waals surface area contributed by atoms with Crippen LogP contribution in [0.1, 0.15) is 20.8 Å². The number of nitrogens with one attached hydrogen (secondary N) is 1. The minimum absolute atomic E-state index is 0.618. The molecule has 0 saturated carbocycles. The predicted molar refractivity (Wildman–Crippen MR) is 46.3 cm³/mol. The molecule has 0 aromatic carbocycles. The lowest BCUT2D eigenvalue weighted by molar-refractivity contribution is -0.164. The van der Waals surface area contributed by atoms with E-state index in [0.29, 0.717) is 0 Å². The summed E-state index contributed by atoms with van der Waals surface area (Å²) in [4.78, 5) is 10.0. The maximum Gasteiger partial charge on any atom is 0.375 e. The van der Waals surface area contributed by atoms with E-state index in [0.717, 1.165) is 0 Å². The zero-order valence-corrected chi connectivity index (χ0v) is 8.34. The van der Waals surface area contributed by atoms with Crippen molar-refractivity contribution in [1.29, 1.82) is 0 Å². The molecule has 0 bridgehead atoms. The standard InChI is InChI=1S/C8H15F2NO3/c1-5(7(2,3)14)11-4-8(9,10)6(12)13/h5,11,14H,4H2,1-3H3,(H,12,13). The lowest BCUT2D eigenvalue weighted by atomic mass is 10.0. The van der Waals surface area contributed by atoms with Crippen LogP contribution in [-0.4, -0.2) is 40.3 Å². The van der Waals surface area contributed by atoms with Crippen molar-refractivity contribution in [3.63, 3.8) is 0 Å². The second-order valence-electron chi connectivity index (χ2n) is 3.77. The fraction of sp³-hybridized carbons (Fsp3) is 0.875. The number of hydrogen-bond acceptors (Lipinski definition) is 3. The minimum atomic E-state index is -3.81. The molecule has 1 unspecified atom stereocenters. The van der Waals surface area contributed by atoms with Gasteiger partial charge in [0.1, 0.15) is 0 Å². The summed E-state index contributed by atoms with van der Waals surface area (Å²) in [7, 11) is 0. The van der Waals surface area contributed by atoms with Crippen LogP contribution in [0.15, 0.2) is 0 Å². The van der Waals surface area contributed by atoms with Gasteiger partial charge in [0.15, 0.2) is 0 Å². The van der Waals surface area contributed by atoms with Crippen molar-refractivity contribution in [3.8, 4) is 0 Å². The van der Waals surface area contributed by atoms with Crippen molar-refractivity contribution in [3.05, 3.63) is 0 Å². The molecule has 4 nitrogen and oxygen atoms in total. The largest absolute Gasteiger partial charge is 0.477 e. The van der Waals surface area contributed by atoms with Crippen molar-refractivity contribution in [2.45, 2.75) is 38.3 Å². The number of carboxylic acid groups (broad SMARTS) is 1. The van der Waals surface area contributed by atoms with Crippen molar-refractivity contribution in [2.75, 3.05) is 6.54 Å². The van der Waals surface area contributed by atoms with Gasteiger partial charge in [-0.25, -0.2) is 4.79 Å². The number of aliphatic hydroxyl groups is 1. The van der Waals surface area contributed by atoms with Crippen LogP contribution in [0.3, 0.4) is 0 Å². The topological polar surface area (TPSA) is 69.6 Å². The maximum atomic E-state index is 12.6. The molecule has 0 saturated heterocycles. The lowest BCUT2D eigenvalue weighted by Gasteiger charge is -2.27. The highest BCUT2D eigenvalue weighted by Gasteiger charge is 2.39. The van der Waals surface area contributed by atoms with Gasteiger partial charge in [0.25, 0.3) is 0 Å². The van der Waals surface area contributed by atoms with Gasteiger partial charge < -0.3 is 15.5 Å². The number of carboxylic acids is 1. The normalized spacial score (nSPS) is 15.3. The maximum absolute atomic E-state index is 12.6. The Morgan fingerprint density at radius 3 is 2.21 bits per heavy atom. The van der Waals surface area contributed by atoms with Gasteiger partial charge in [0.05, 0.1) is 12.1 Å². The van der Waals surface area contributed by atoms with Gasteiger partial charge >= 0.3 is 11.9 Å². The first-order chi connectivity index (χ1) is 6.07. The molecule has 0 aliphatic rings. The van der Waals surface area contributed by atoms with Crippen LogP contribution in [-0.2, 0) is 4.79 Å². The molecule has 0 rings (SSSR count). The first kappa shape index (κ1) is 13.2. The number of rotatable bonds is 5. The van der Waals surface area contributed by atoms with E-state index < -0.39 is 30.1 Å². The quantitative estimate of drug-likeness (QED) is 0.617. The molecule has 84 valence electrons. The van der Waals surface area contributed by atoms with Crippen LogP contribution in [0.2, 0.25) is 0 Å². The summed E-state index contributed by atoms with van der Waals surface area (Å²) >= 11 is 0. The lowest BCUT2D eigenvalue weighted by Crippen LogP contribution is -2.50. The Balaban J connectivity index is 4.13. The smallest absolute Gasteiger partial charge is 0.375 e. The van der Waals surface area contributed by atoms with E-state index in [1.54, 1.807) is 0 Å². The van der Waals surface area contributed by atoms with Crippen LogP contribution in [0.4, 0.5) is 8.78 Å². The first-order valence-electron chi connectivity index (χ1n) is 4.14. The van der Waals surface area contributed by atoms with E-state index in [9.17, 15) is 18.7 Å². The molecule has 6 heteroatoms. The third-order valence-corrected chi connectivity index (χ3v) is 2.00. The van der Waals surface area contributed by atoms with Crippen LogP contribution >= 0.6 is 0 Å². The van der Waals surface area contributed by atoms with Gasteiger partial charge in [-0.3, -0.25) is 0 Å². The molecule has 0 heterocycles. The summed E-state index contributed by atoms with van der Waals surface area (Å²) in [6.45, 7) is 3.40. The third kappa shape index (κ3) is 3.97. The number of aliphatic carboxylic acids is 1. The first-order valence-corrected chi connectivity index (χ1v) is 4.14. The Kier molecular flexibility index (Phi) is 3.96. The summed E-state index contributed by atoms with van der Waals surface area (Å²) in [5, 5.41) is 19.7. The number of hydrogen-bond donors (Lipinski definition) is 3. The van der Waals surface area contributed by atoms with Crippen LogP contribution < -0.4 is 5.32 Å². The summed E-state index contributed by atoms with van der Waals surface area (Å²) in [6.07, 6.45) is 0. The van der Waals surface area contributed by atoms with Crippen LogP contribution in [0.25, 0.3) is 0 Å². The molecule has 0 fully saturated rings. The van der Waals surface area contributed by atoms with Gasteiger partial charge in [-0.15, -0.1) is 0 Å². The average molecular weight is 211 g/mol. The number of carbonyl (C=O) groups is 1. The molecule has 0 spiro atoms. The van der Waals surface area contributed by atoms with Crippen molar-refractivity contribution in [1.82, 2.24) is 5.32 Å². The summed E-state index contributed by atoms with van der Waals surface area (Å²) in [6, 6.07) is -0.618. The molecular weight excluding hydrogens is 196 g/mol. The second-order valence-corrected chi connectivity index (χ2v) is 3.77. The molecular formula is C8H15F2NO3. The molecule has 14 heavy (non-hydrogen) atoms. The summed E-state index contributed by atoms with van der Waals surface area (Å²) in [5.74, 6) is -5.98. The van der Waals surface area contributed by atoms with Crippen molar-refractivity contribution >= 4 is 5.97 Å². The SMILES string of the molecule is CC(NCC(F)(F)C(=O)O)C(C)(C)O. The summed E-state index contributed by atoms with van der Waals surface area (Å²) < 4.78 is 25.1. The van der Waals surface area contributed by atoms with Gasteiger partial charge in [0, 0.05) is 6.04 Å². The molecule has 0 aromatic heterocycles. The van der Waals surface area contributed by atoms with E-state index in [4.69, 9.17) is 5.11 Å². The second kappa shape index (κ2) is 4.18. The van der Waals surface area contributed by atoms with Crippen LogP contribution in [0.5, 0.6) is 0 Å². The highest BCUT2D eigenvalue weighted by molar-refractivity contribution is 5.75. The Morgan fingerprint density at radius 1 is 1.50 bits per heavy atom. The average Bonchev–Trinajstić information content (AvgIpc) is 1.98. The van der Waals surface area contributed by atoms with Gasteiger partial charge in [0.2, 0.25) is 0 Å². The van der Waals surface area contributed by atoms with Crippen LogP contribution in [0, 0.1) is 0 Å². The van der Waals surface area contributed by atoms with E-state index >= 15 is 0 Å². The van der Waals surface area contributed by atoms with E-state index in [1.807, 2.05) is 0 Å². The zero-order valence-electron chi connectivity index (χ0n) is 8.34. The highest BCUT2D eigenvalue weighted by Crippen LogP contribution is 2.14. The van der Waals surface area contributed by atoms with E-state index in [1.165, 1.54) is 20.8 Å². The Morgan fingerprint density at radius 2 is 1.93 bits per heavy atom. The predicted octanol–water partition coefficient (Wildman–Crippen LogP) is 0.455. The van der Waals surface area contributed by atoms with Crippen molar-refractivity contribution in [2.24, 2.45) is 0 Å². The van der Waals surface area contributed by atoms with Crippen molar-refractivity contribution < 1.29 is 23.8 Å². The Labute approximate surface area is 80.9 Å². The minimum Gasteiger partial charge on any atom is -0.477 e. The number of alkyl halides is 2. The van der Waals surface area contributed by atoms with Gasteiger partial charge in [-0.1, -0.05) is 0 Å². The fourth-order valence-corrected chi connectivity index (χ4v) is 0.607. The Bertz CT molecular complexity index is 213. The molecule has 0 aliphatic heterocycles. The zero-order chi connectivity index (χ0) is 11.6. The molecule has 0 radical (unpaired) electrons. The Hall–Kier alpha value is -0.750. The molecule has 1 atom stereocenters. The monoisotopic (exact) mass is 211 g/mol. The van der Waals surface area contributed by atoms with Gasteiger partial charge in [-0.05, 0) is 20.8 Å². The highest BCUT2D eigenvalue weighted by atomic mass is 19.3. The summed E-state index contributed by atoms with van der Waals surface area (Å²) in [5.41, 5.74) is -1.17. The molecule has 0 amide bonds. The molecule has 0 aromatic rings. The molecule has 3 N–H and O–H groups in total. The van der Waals surface area contributed by atoms with Gasteiger partial charge in [-0.2, -0.15) is 8.78 Å².